The second kappa shape index (κ2) is 9.41. The number of carbonyl (C=O) groups is 1. The first-order valence-corrected chi connectivity index (χ1v) is 10.1. The molecular weight excluding hydrogens is 469 g/mol. The third-order valence-corrected chi connectivity index (χ3v) is 4.86. The maximum atomic E-state index is 13.8. The average molecular weight is 486 g/mol. The molecule has 0 saturated heterocycles. The molecule has 7 nitrogen and oxygen atoms in total. The maximum Gasteiger partial charge on any atom is 0.453 e. The molecule has 0 amide bonds. The Morgan fingerprint density at radius 3 is 2.17 bits per heavy atom. The number of benzene rings is 3. The number of alkyl halides is 3. The molecule has 0 spiro atoms. The Labute approximate surface area is 196 Å². The van der Waals surface area contributed by atoms with Gasteiger partial charge in [0.05, 0.1) is 25.2 Å². The Bertz CT molecular complexity index is 1460. The van der Waals surface area contributed by atoms with Gasteiger partial charge in [0.1, 0.15) is 28.6 Å². The molecule has 0 radical (unpaired) electrons. The third-order valence-electron chi connectivity index (χ3n) is 4.86. The van der Waals surface area contributed by atoms with Gasteiger partial charge in [-0.25, -0.2) is 4.79 Å². The lowest BCUT2D eigenvalue weighted by atomic mass is 10.2. The minimum absolute atomic E-state index is 0.0506. The van der Waals surface area contributed by atoms with E-state index in [9.17, 15) is 22.8 Å². The molecule has 10 heteroatoms. The van der Waals surface area contributed by atoms with E-state index in [0.29, 0.717) is 11.5 Å². The Morgan fingerprint density at radius 2 is 1.49 bits per heavy atom. The minimum Gasteiger partial charge on any atom is -0.497 e. The predicted octanol–water partition coefficient (Wildman–Crippen LogP) is 5.84. The summed E-state index contributed by atoms with van der Waals surface area (Å²) in [7, 11) is 2.81. The van der Waals surface area contributed by atoms with Crippen molar-refractivity contribution in [3.05, 3.63) is 88.3 Å². The summed E-state index contributed by atoms with van der Waals surface area (Å²) in [6.45, 7) is 0. The quantitative estimate of drug-likeness (QED) is 0.250. The lowest BCUT2D eigenvalue weighted by Gasteiger charge is -2.14. The van der Waals surface area contributed by atoms with Gasteiger partial charge in [-0.05, 0) is 42.5 Å². The van der Waals surface area contributed by atoms with Crippen LogP contribution in [-0.4, -0.2) is 20.2 Å². The van der Waals surface area contributed by atoms with Crippen LogP contribution in [0.1, 0.15) is 16.1 Å². The van der Waals surface area contributed by atoms with Gasteiger partial charge in [0.15, 0.2) is 0 Å². The second-order valence-corrected chi connectivity index (χ2v) is 7.15. The Kier molecular flexibility index (Phi) is 6.37. The number of fused-ring (bicyclic) bond motifs is 1. The molecule has 0 fully saturated rings. The molecule has 0 bridgehead atoms. The van der Waals surface area contributed by atoms with Gasteiger partial charge in [0.25, 0.3) is 5.76 Å². The molecule has 3 aromatic carbocycles. The first-order chi connectivity index (χ1) is 16.7. The number of ether oxygens (including phenoxy) is 4. The minimum atomic E-state index is -5.05. The first kappa shape index (κ1) is 23.7. The van der Waals surface area contributed by atoms with Crippen LogP contribution < -0.4 is 24.4 Å². The molecule has 0 saturated carbocycles. The number of carbonyl (C=O) groups excluding carboxylic acids is 1. The monoisotopic (exact) mass is 486 g/mol. The highest BCUT2D eigenvalue weighted by molar-refractivity contribution is 5.92. The summed E-state index contributed by atoms with van der Waals surface area (Å²) >= 11 is 0. The molecule has 1 aromatic heterocycles. The molecule has 0 aliphatic rings. The Hall–Kier alpha value is -4.47. The highest BCUT2D eigenvalue weighted by Gasteiger charge is 2.40. The largest absolute Gasteiger partial charge is 0.497 e. The van der Waals surface area contributed by atoms with E-state index in [4.69, 9.17) is 23.4 Å². The van der Waals surface area contributed by atoms with Gasteiger partial charge in [-0.1, -0.05) is 12.1 Å². The van der Waals surface area contributed by atoms with E-state index in [1.165, 1.54) is 56.7 Å². The van der Waals surface area contributed by atoms with Crippen LogP contribution in [0.15, 0.2) is 75.9 Å². The van der Waals surface area contributed by atoms with Gasteiger partial charge >= 0.3 is 12.1 Å². The van der Waals surface area contributed by atoms with Crippen molar-refractivity contribution in [1.29, 1.82) is 0 Å². The standard InChI is InChI=1S/C25H17F3O7/c1-31-15-6-3-5-14(11-15)24(30)34-18-9-10-19-20(13-18)35-23(25(26,27)28)22(21(19)29)33-17-8-4-7-16(12-17)32-2/h3-13H,1-2H3. The third kappa shape index (κ3) is 5.06. The van der Waals surface area contributed by atoms with Crippen molar-refractivity contribution in [2.24, 2.45) is 0 Å². The van der Waals surface area contributed by atoms with Crippen LogP contribution in [0.3, 0.4) is 0 Å². The number of hydrogen-bond acceptors (Lipinski definition) is 7. The van der Waals surface area contributed by atoms with Gasteiger partial charge in [-0.15, -0.1) is 0 Å². The summed E-state index contributed by atoms with van der Waals surface area (Å²) in [6, 6.07) is 15.4. The van der Waals surface area contributed by atoms with E-state index in [2.05, 4.69) is 0 Å². The normalized spacial score (nSPS) is 11.2. The van der Waals surface area contributed by atoms with E-state index in [-0.39, 0.29) is 22.4 Å². The van der Waals surface area contributed by atoms with Crippen LogP contribution in [0.25, 0.3) is 11.0 Å². The number of halogens is 3. The maximum absolute atomic E-state index is 13.8. The van der Waals surface area contributed by atoms with Crippen molar-refractivity contribution in [3.63, 3.8) is 0 Å². The fourth-order valence-electron chi connectivity index (χ4n) is 3.20. The lowest BCUT2D eigenvalue weighted by molar-refractivity contribution is -0.154. The SMILES string of the molecule is COc1cccc(Oc2c(C(F)(F)F)oc3cc(OC(=O)c4cccc(OC)c4)ccc3c2=O)c1. The number of methoxy groups -OCH3 is 2. The zero-order valence-corrected chi connectivity index (χ0v) is 18.3. The molecule has 0 N–H and O–H groups in total. The van der Waals surface area contributed by atoms with Crippen LogP contribution in [0.4, 0.5) is 13.2 Å². The molecule has 4 rings (SSSR count). The van der Waals surface area contributed by atoms with Gasteiger partial charge in [-0.2, -0.15) is 13.2 Å². The van der Waals surface area contributed by atoms with E-state index < -0.39 is 34.7 Å². The van der Waals surface area contributed by atoms with Crippen molar-refractivity contribution in [2.75, 3.05) is 14.2 Å². The zero-order valence-electron chi connectivity index (χ0n) is 18.3. The van der Waals surface area contributed by atoms with Crippen molar-refractivity contribution < 1.29 is 41.3 Å². The van der Waals surface area contributed by atoms with Crippen LogP contribution in [-0.2, 0) is 6.18 Å². The van der Waals surface area contributed by atoms with Gasteiger partial charge in [0.2, 0.25) is 11.2 Å². The Morgan fingerprint density at radius 1 is 0.829 bits per heavy atom. The van der Waals surface area contributed by atoms with E-state index in [0.717, 1.165) is 6.07 Å². The summed E-state index contributed by atoms with van der Waals surface area (Å²) < 4.78 is 67.0. The van der Waals surface area contributed by atoms with Crippen molar-refractivity contribution in [1.82, 2.24) is 0 Å². The van der Waals surface area contributed by atoms with Crippen molar-refractivity contribution >= 4 is 16.9 Å². The fourth-order valence-corrected chi connectivity index (χ4v) is 3.20. The van der Waals surface area contributed by atoms with Gasteiger partial charge < -0.3 is 23.4 Å². The second-order valence-electron chi connectivity index (χ2n) is 7.15. The first-order valence-electron chi connectivity index (χ1n) is 10.1. The molecule has 0 atom stereocenters. The van der Waals surface area contributed by atoms with Crippen molar-refractivity contribution in [2.45, 2.75) is 6.18 Å². The fraction of sp³-hybridized carbons (Fsp3) is 0.120. The topological polar surface area (TPSA) is 84.2 Å². The highest BCUT2D eigenvalue weighted by Crippen LogP contribution is 2.39. The molecule has 180 valence electrons. The van der Waals surface area contributed by atoms with E-state index in [1.807, 2.05) is 0 Å². The molecular formula is C25H17F3O7. The summed E-state index contributed by atoms with van der Waals surface area (Å²) in [5, 5.41) is -0.197. The zero-order chi connectivity index (χ0) is 25.2. The molecule has 0 aliphatic heterocycles. The smallest absolute Gasteiger partial charge is 0.453 e. The number of hydrogen-bond donors (Lipinski definition) is 0. The lowest BCUT2D eigenvalue weighted by Crippen LogP contribution is -2.15. The summed E-state index contributed by atoms with van der Waals surface area (Å²) in [5.41, 5.74) is -1.33. The highest BCUT2D eigenvalue weighted by atomic mass is 19.4. The molecule has 4 aromatic rings. The number of rotatable bonds is 6. The van der Waals surface area contributed by atoms with E-state index >= 15 is 0 Å². The van der Waals surface area contributed by atoms with E-state index in [1.54, 1.807) is 18.2 Å². The van der Waals surface area contributed by atoms with Crippen LogP contribution in [0, 0.1) is 0 Å². The number of esters is 1. The molecule has 0 unspecified atom stereocenters. The van der Waals surface area contributed by atoms with Crippen LogP contribution in [0.2, 0.25) is 0 Å². The van der Waals surface area contributed by atoms with Gasteiger partial charge in [-0.3, -0.25) is 4.79 Å². The summed E-state index contributed by atoms with van der Waals surface area (Å²) in [4.78, 5) is 25.4. The van der Waals surface area contributed by atoms with Crippen molar-refractivity contribution in [3.8, 4) is 28.7 Å². The summed E-state index contributed by atoms with van der Waals surface area (Å²) in [5.74, 6) is -2.87. The molecule has 1 heterocycles. The Balaban J connectivity index is 1.74. The molecule has 35 heavy (non-hydrogen) atoms. The van der Waals surface area contributed by atoms with Crippen LogP contribution >= 0.6 is 0 Å². The predicted molar refractivity (Wildman–Crippen MR) is 119 cm³/mol. The molecule has 0 aliphatic carbocycles. The average Bonchev–Trinajstić information content (AvgIpc) is 2.85. The van der Waals surface area contributed by atoms with Crippen LogP contribution in [0.5, 0.6) is 28.7 Å². The summed E-state index contributed by atoms with van der Waals surface area (Å²) in [6.07, 6.45) is -5.05. The van der Waals surface area contributed by atoms with Gasteiger partial charge in [0, 0.05) is 12.1 Å².